The van der Waals surface area contributed by atoms with Gasteiger partial charge in [0.15, 0.2) is 18.3 Å². The lowest BCUT2D eigenvalue weighted by molar-refractivity contribution is 0.512. The largest absolute Gasteiger partial charge is 0.309 e. The minimum atomic E-state index is -0.558. The number of halogens is 1. The van der Waals surface area contributed by atoms with Crippen LogP contribution >= 0.6 is 0 Å². The number of anilines is 1. The van der Waals surface area contributed by atoms with Gasteiger partial charge in [0.2, 0.25) is 0 Å². The number of imidazole rings is 1. The second-order valence-electron chi connectivity index (χ2n) is 6.76. The first-order valence-electron chi connectivity index (χ1n) is 8.92. The molecule has 1 aromatic carbocycles. The predicted octanol–water partition coefficient (Wildman–Crippen LogP) is 1.12. The number of para-hydroxylation sites is 1. The Morgan fingerprint density at radius 2 is 2.15 bits per heavy atom. The van der Waals surface area contributed by atoms with E-state index >= 15 is 0 Å². The molecular weight excluding hydrogens is 349 g/mol. The van der Waals surface area contributed by atoms with Gasteiger partial charge in [0, 0.05) is 5.56 Å². The maximum Gasteiger partial charge on any atom is 0.295 e. The van der Waals surface area contributed by atoms with Crippen LogP contribution in [0, 0.1) is 6.08 Å². The minimum Gasteiger partial charge on any atom is -0.309 e. The first-order chi connectivity index (χ1) is 13.3. The number of hydrogen-bond acceptors (Lipinski definition) is 7. The molecule has 0 radical (unpaired) electrons. The number of hydrogen-bond donors (Lipinski definition) is 1. The molecule has 10 heteroatoms. The van der Waals surface area contributed by atoms with Gasteiger partial charge in [-0.2, -0.15) is 14.5 Å². The third-order valence-electron chi connectivity index (χ3n) is 5.23. The van der Waals surface area contributed by atoms with Crippen molar-refractivity contribution in [2.45, 2.75) is 18.9 Å². The average molecular weight is 365 g/mol. The van der Waals surface area contributed by atoms with Crippen molar-refractivity contribution >= 4 is 11.7 Å². The monoisotopic (exact) mass is 365 g/mol. The van der Waals surface area contributed by atoms with Gasteiger partial charge in [-0.3, -0.25) is 4.57 Å². The van der Waals surface area contributed by atoms with Gasteiger partial charge in [-0.05, 0) is 36.7 Å². The van der Waals surface area contributed by atoms with E-state index in [1.165, 1.54) is 10.8 Å². The topological polar surface area (TPSA) is 79.4 Å². The van der Waals surface area contributed by atoms with Crippen LogP contribution in [0.5, 0.6) is 0 Å². The van der Waals surface area contributed by atoms with E-state index in [0.717, 1.165) is 42.2 Å². The summed E-state index contributed by atoms with van der Waals surface area (Å²) in [6.07, 6.45) is 5.04. The van der Waals surface area contributed by atoms with Crippen LogP contribution in [0.2, 0.25) is 0 Å². The van der Waals surface area contributed by atoms with Gasteiger partial charge in [0.25, 0.3) is 6.08 Å². The maximum absolute atomic E-state index is 14.4. The Labute approximate surface area is 153 Å². The highest BCUT2D eigenvalue weighted by Crippen LogP contribution is 2.34. The molecule has 0 aliphatic carbocycles. The SMILES string of the molecule is Fc1ncc2n1-c1ccccc1C1=NCN(n3cc(C4CCCN4)nn3)N12. The molecule has 9 nitrogen and oxygen atoms in total. The summed E-state index contributed by atoms with van der Waals surface area (Å²) >= 11 is 0. The molecule has 27 heavy (non-hydrogen) atoms. The summed E-state index contributed by atoms with van der Waals surface area (Å²) in [6.45, 7) is 1.35. The summed E-state index contributed by atoms with van der Waals surface area (Å²) < 4.78 is 15.9. The standard InChI is InChI=1S/C17H16FN9/c18-17-20-8-15-26(17)14-6-2-1-4-11(14)16-21-10-25(27(15)16)24-9-13(22-23-24)12-5-3-7-19-12/h1-2,4,6,8-9,12,19H,3,5,7,10H2. The van der Waals surface area contributed by atoms with Crippen molar-refractivity contribution < 1.29 is 4.39 Å². The fourth-order valence-electron chi connectivity index (χ4n) is 3.98. The Balaban J connectivity index is 1.44. The van der Waals surface area contributed by atoms with Crippen LogP contribution in [0.25, 0.3) is 5.69 Å². The second kappa shape index (κ2) is 5.36. The molecule has 0 bridgehead atoms. The van der Waals surface area contributed by atoms with E-state index in [9.17, 15) is 4.39 Å². The summed E-state index contributed by atoms with van der Waals surface area (Å²) in [5.74, 6) is 1.33. The van der Waals surface area contributed by atoms with Gasteiger partial charge in [0.05, 0.1) is 24.1 Å². The smallest absolute Gasteiger partial charge is 0.295 e. The van der Waals surface area contributed by atoms with Crippen molar-refractivity contribution in [3.8, 4) is 5.69 Å². The van der Waals surface area contributed by atoms with E-state index in [1.807, 2.05) is 40.6 Å². The molecule has 1 atom stereocenters. The zero-order chi connectivity index (χ0) is 18.0. The normalized spacial score (nSPS) is 20.5. The molecule has 1 N–H and O–H groups in total. The van der Waals surface area contributed by atoms with E-state index in [0.29, 0.717) is 12.5 Å². The van der Waals surface area contributed by atoms with E-state index < -0.39 is 6.08 Å². The molecule has 3 aliphatic rings. The number of fused-ring (bicyclic) bond motifs is 6. The third kappa shape index (κ3) is 2.01. The number of nitrogens with zero attached hydrogens (tertiary/aromatic N) is 8. The molecule has 3 aliphatic heterocycles. The minimum absolute atomic E-state index is 0.229. The van der Waals surface area contributed by atoms with Gasteiger partial charge >= 0.3 is 0 Å². The summed E-state index contributed by atoms with van der Waals surface area (Å²) in [4.78, 5) is 10.2. The van der Waals surface area contributed by atoms with Gasteiger partial charge < -0.3 is 5.32 Å². The quantitative estimate of drug-likeness (QED) is 0.733. The summed E-state index contributed by atoms with van der Waals surface area (Å²) in [5.41, 5.74) is 2.48. The Hall–Kier alpha value is -3.27. The second-order valence-corrected chi connectivity index (χ2v) is 6.76. The highest BCUT2D eigenvalue weighted by atomic mass is 19.1. The van der Waals surface area contributed by atoms with E-state index in [4.69, 9.17) is 0 Å². The van der Waals surface area contributed by atoms with E-state index in [2.05, 4.69) is 25.6 Å². The molecule has 2 aromatic heterocycles. The lowest BCUT2D eigenvalue weighted by Gasteiger charge is -2.34. The van der Waals surface area contributed by atoms with Crippen molar-refractivity contribution in [3.63, 3.8) is 0 Å². The fraction of sp³-hybridized carbons (Fsp3) is 0.294. The van der Waals surface area contributed by atoms with Crippen LogP contribution in [0.1, 0.15) is 30.1 Å². The molecule has 3 aromatic rings. The number of nitrogens with one attached hydrogen (secondary N) is 1. The first-order valence-corrected chi connectivity index (χ1v) is 8.92. The molecule has 0 amide bonds. The number of rotatable bonds is 2. The molecule has 0 saturated carbocycles. The molecule has 0 spiro atoms. The number of aliphatic imine (C=N–C) groups is 1. The highest BCUT2D eigenvalue weighted by molar-refractivity contribution is 6.15. The van der Waals surface area contributed by atoms with Crippen molar-refractivity contribution in [1.29, 1.82) is 0 Å². The lowest BCUT2D eigenvalue weighted by Crippen LogP contribution is -2.51. The highest BCUT2D eigenvalue weighted by Gasteiger charge is 2.38. The molecule has 1 fully saturated rings. The zero-order valence-electron chi connectivity index (χ0n) is 14.3. The Bertz CT molecular complexity index is 1060. The molecule has 6 rings (SSSR count). The Morgan fingerprint density at radius 1 is 1.22 bits per heavy atom. The van der Waals surface area contributed by atoms with Crippen LogP contribution in [0.15, 0.2) is 41.7 Å². The van der Waals surface area contributed by atoms with Gasteiger partial charge in [0.1, 0.15) is 5.69 Å². The number of aromatic nitrogens is 5. The van der Waals surface area contributed by atoms with Crippen LogP contribution in [-0.4, -0.2) is 43.7 Å². The fourth-order valence-corrected chi connectivity index (χ4v) is 3.98. The van der Waals surface area contributed by atoms with E-state index in [-0.39, 0.29) is 6.04 Å². The average Bonchev–Trinajstić information content (AvgIpc) is 3.46. The third-order valence-corrected chi connectivity index (χ3v) is 5.23. The molecule has 136 valence electrons. The van der Waals surface area contributed by atoms with Crippen molar-refractivity contribution in [2.24, 2.45) is 4.99 Å². The first kappa shape index (κ1) is 14.9. The number of amidine groups is 1. The van der Waals surface area contributed by atoms with Gasteiger partial charge in [-0.25, -0.2) is 9.98 Å². The maximum atomic E-state index is 14.4. The van der Waals surface area contributed by atoms with Crippen LogP contribution in [-0.2, 0) is 0 Å². The van der Waals surface area contributed by atoms with Crippen LogP contribution < -0.4 is 15.4 Å². The summed E-state index contributed by atoms with van der Waals surface area (Å²) in [5, 5.41) is 15.7. The molecule has 5 heterocycles. The van der Waals surface area contributed by atoms with Crippen molar-refractivity contribution in [1.82, 2.24) is 30.0 Å². The lowest BCUT2D eigenvalue weighted by atomic mass is 10.1. The molecular formula is C17H16FN9. The zero-order valence-corrected chi connectivity index (χ0v) is 14.3. The van der Waals surface area contributed by atoms with Gasteiger partial charge in [-0.15, -0.1) is 9.89 Å². The number of benzene rings is 1. The Morgan fingerprint density at radius 3 is 3.04 bits per heavy atom. The van der Waals surface area contributed by atoms with Crippen LogP contribution in [0.3, 0.4) is 0 Å². The number of hydrazine groups is 1. The van der Waals surface area contributed by atoms with Crippen LogP contribution in [0.4, 0.5) is 10.2 Å². The molecule has 1 saturated heterocycles. The predicted molar refractivity (Wildman–Crippen MR) is 95.6 cm³/mol. The van der Waals surface area contributed by atoms with E-state index in [1.54, 1.807) is 4.79 Å². The Kier molecular flexibility index (Phi) is 2.95. The van der Waals surface area contributed by atoms with Gasteiger partial charge in [-0.1, -0.05) is 12.1 Å². The van der Waals surface area contributed by atoms with Crippen molar-refractivity contribution in [2.75, 3.05) is 23.3 Å². The van der Waals surface area contributed by atoms with Crippen molar-refractivity contribution in [3.05, 3.63) is 54.0 Å². The molecule has 1 unspecified atom stereocenters. The summed E-state index contributed by atoms with van der Waals surface area (Å²) in [6, 6.07) is 7.82. The summed E-state index contributed by atoms with van der Waals surface area (Å²) in [7, 11) is 0.